The summed E-state index contributed by atoms with van der Waals surface area (Å²) in [5, 5.41) is 11.9. The second-order valence-electron chi connectivity index (χ2n) is 9.69. The fourth-order valence-electron chi connectivity index (χ4n) is 4.65. The summed E-state index contributed by atoms with van der Waals surface area (Å²) in [6, 6.07) is 23.4. The Morgan fingerprint density at radius 2 is 1.10 bits per heavy atom. The van der Waals surface area contributed by atoms with E-state index in [0.29, 0.717) is 21.0 Å². The van der Waals surface area contributed by atoms with Gasteiger partial charge in [0.15, 0.2) is 0 Å². The third-order valence-electron chi connectivity index (χ3n) is 6.90. The molecule has 6 aromatic rings. The van der Waals surface area contributed by atoms with E-state index >= 15 is 0 Å². The van der Waals surface area contributed by atoms with E-state index in [4.69, 9.17) is 27.9 Å². The summed E-state index contributed by atoms with van der Waals surface area (Å²) in [6.07, 6.45) is 3.13. The van der Waals surface area contributed by atoms with Crippen molar-refractivity contribution in [2.45, 2.75) is 13.8 Å². The highest BCUT2D eigenvalue weighted by Crippen LogP contribution is 2.35. The van der Waals surface area contributed by atoms with Crippen LogP contribution in [0.2, 0.25) is 10.0 Å². The summed E-state index contributed by atoms with van der Waals surface area (Å²) in [4.78, 5) is 29.0. The van der Waals surface area contributed by atoms with Crippen molar-refractivity contribution in [3.05, 3.63) is 117 Å². The van der Waals surface area contributed by atoms with Gasteiger partial charge in [-0.3, -0.25) is 0 Å². The van der Waals surface area contributed by atoms with Gasteiger partial charge in [0.1, 0.15) is 0 Å². The van der Waals surface area contributed by atoms with Crippen LogP contribution >= 0.6 is 23.2 Å². The lowest BCUT2D eigenvalue weighted by Gasteiger charge is -2.06. The van der Waals surface area contributed by atoms with Crippen LogP contribution in [-0.2, 0) is 4.74 Å². The SMILES string of the molecule is COC(=O)c1c[nH]c2cc(Cl)c(-c3ccc(C)cc3)cc12.Cc1ccc(-c2cc3c(C(=O)O)c[nH]c3cc2Cl)cc1. The van der Waals surface area contributed by atoms with Gasteiger partial charge in [0.25, 0.3) is 0 Å². The number of methoxy groups -OCH3 is 1. The van der Waals surface area contributed by atoms with Crippen LogP contribution in [0.15, 0.2) is 85.2 Å². The van der Waals surface area contributed by atoms with Gasteiger partial charge in [-0.2, -0.15) is 0 Å². The lowest BCUT2D eigenvalue weighted by molar-refractivity contribution is 0.0602. The Labute approximate surface area is 246 Å². The number of ether oxygens (including phenoxy) is 1. The van der Waals surface area contributed by atoms with E-state index in [0.717, 1.165) is 38.7 Å². The van der Waals surface area contributed by atoms with Crippen molar-refractivity contribution in [3.63, 3.8) is 0 Å². The van der Waals surface area contributed by atoms with Crippen molar-refractivity contribution in [1.82, 2.24) is 9.97 Å². The Morgan fingerprint density at radius 3 is 1.51 bits per heavy atom. The van der Waals surface area contributed by atoms with E-state index in [1.807, 2.05) is 80.6 Å². The quantitative estimate of drug-likeness (QED) is 0.180. The number of aromatic nitrogens is 2. The second-order valence-corrected chi connectivity index (χ2v) is 10.5. The number of nitrogens with one attached hydrogen (secondary N) is 2. The Kier molecular flexibility index (Phi) is 7.88. The van der Waals surface area contributed by atoms with Gasteiger partial charge in [-0.15, -0.1) is 0 Å². The number of aromatic carboxylic acids is 1. The van der Waals surface area contributed by atoms with E-state index in [1.165, 1.54) is 24.4 Å². The molecule has 206 valence electrons. The van der Waals surface area contributed by atoms with E-state index in [1.54, 1.807) is 12.3 Å². The normalized spacial score (nSPS) is 10.9. The number of carboxylic acid groups (broad SMARTS) is 1. The molecular weight excluding hydrogens is 559 g/mol. The third-order valence-corrected chi connectivity index (χ3v) is 7.53. The number of hydrogen-bond donors (Lipinski definition) is 3. The lowest BCUT2D eigenvalue weighted by Crippen LogP contribution is -1.99. The molecule has 0 aliphatic carbocycles. The number of esters is 1. The van der Waals surface area contributed by atoms with Gasteiger partial charge in [-0.25, -0.2) is 9.59 Å². The molecule has 2 aromatic heterocycles. The summed E-state index contributed by atoms with van der Waals surface area (Å²) in [6.45, 7) is 4.05. The maximum absolute atomic E-state index is 11.8. The number of carbonyl (C=O) groups excluding carboxylic acids is 1. The van der Waals surface area contributed by atoms with Crippen molar-refractivity contribution in [1.29, 1.82) is 0 Å². The van der Waals surface area contributed by atoms with Crippen molar-refractivity contribution in [3.8, 4) is 22.3 Å². The molecule has 0 fully saturated rings. The molecule has 0 atom stereocenters. The summed E-state index contributed by atoms with van der Waals surface area (Å²) in [7, 11) is 1.37. The second kappa shape index (κ2) is 11.5. The smallest absolute Gasteiger partial charge is 0.340 e. The summed E-state index contributed by atoms with van der Waals surface area (Å²) in [5.74, 6) is -1.31. The van der Waals surface area contributed by atoms with Gasteiger partial charge in [0.2, 0.25) is 0 Å². The van der Waals surface area contributed by atoms with Crippen molar-refractivity contribution in [2.75, 3.05) is 7.11 Å². The Hall–Kier alpha value is -4.52. The average Bonchev–Trinajstić information content (AvgIpc) is 3.56. The number of rotatable bonds is 4. The van der Waals surface area contributed by atoms with Gasteiger partial charge in [-0.05, 0) is 49.2 Å². The van der Waals surface area contributed by atoms with E-state index in [-0.39, 0.29) is 11.5 Å². The molecular formula is C33H26Cl2N2O4. The molecule has 0 spiro atoms. The molecule has 3 N–H and O–H groups in total. The van der Waals surface area contributed by atoms with Crippen LogP contribution in [0.3, 0.4) is 0 Å². The number of halogens is 2. The molecule has 4 aromatic carbocycles. The zero-order chi connectivity index (χ0) is 29.3. The summed E-state index contributed by atoms with van der Waals surface area (Å²) < 4.78 is 4.80. The molecule has 0 aliphatic rings. The monoisotopic (exact) mass is 584 g/mol. The zero-order valence-corrected chi connectivity index (χ0v) is 24.0. The molecule has 8 heteroatoms. The highest BCUT2D eigenvalue weighted by molar-refractivity contribution is 6.35. The molecule has 0 unspecified atom stereocenters. The Morgan fingerprint density at radius 1 is 0.683 bits per heavy atom. The van der Waals surface area contributed by atoms with E-state index in [9.17, 15) is 14.7 Å². The lowest BCUT2D eigenvalue weighted by atomic mass is 10.0. The summed E-state index contributed by atoms with van der Waals surface area (Å²) >= 11 is 12.7. The van der Waals surface area contributed by atoms with Gasteiger partial charge in [0.05, 0.1) is 28.3 Å². The minimum Gasteiger partial charge on any atom is -0.478 e. The van der Waals surface area contributed by atoms with Gasteiger partial charge in [0, 0.05) is 45.3 Å². The Balaban J connectivity index is 0.000000165. The molecule has 0 bridgehead atoms. The molecule has 6 nitrogen and oxygen atoms in total. The zero-order valence-electron chi connectivity index (χ0n) is 22.5. The first-order valence-corrected chi connectivity index (χ1v) is 13.5. The highest BCUT2D eigenvalue weighted by atomic mass is 35.5. The molecule has 2 heterocycles. The van der Waals surface area contributed by atoms with Crippen LogP contribution < -0.4 is 0 Å². The maximum Gasteiger partial charge on any atom is 0.340 e. The topological polar surface area (TPSA) is 95.2 Å². The fourth-order valence-corrected chi connectivity index (χ4v) is 5.20. The molecule has 41 heavy (non-hydrogen) atoms. The molecule has 0 saturated carbocycles. The third kappa shape index (κ3) is 5.71. The number of hydrogen-bond acceptors (Lipinski definition) is 3. The number of carbonyl (C=O) groups is 2. The van der Waals surface area contributed by atoms with Gasteiger partial charge >= 0.3 is 11.9 Å². The van der Waals surface area contributed by atoms with Gasteiger partial charge in [-0.1, -0.05) is 82.9 Å². The van der Waals surface area contributed by atoms with Crippen LogP contribution in [0.4, 0.5) is 0 Å². The van der Waals surface area contributed by atoms with Crippen LogP contribution in [-0.4, -0.2) is 34.1 Å². The van der Waals surface area contributed by atoms with Crippen LogP contribution in [0.25, 0.3) is 44.1 Å². The van der Waals surface area contributed by atoms with E-state index < -0.39 is 5.97 Å². The molecule has 0 radical (unpaired) electrons. The first kappa shape index (κ1) is 28.0. The molecule has 6 rings (SSSR count). The average molecular weight is 585 g/mol. The number of H-pyrrole nitrogens is 2. The minimum atomic E-state index is -0.951. The minimum absolute atomic E-state index is 0.255. The van der Waals surface area contributed by atoms with Crippen molar-refractivity contribution in [2.24, 2.45) is 0 Å². The fraction of sp³-hybridized carbons (Fsp3) is 0.0909. The van der Waals surface area contributed by atoms with Gasteiger partial charge < -0.3 is 19.8 Å². The molecule has 0 aliphatic heterocycles. The predicted octanol–water partition coefficient (Wildman–Crippen LogP) is 9.08. The molecule has 0 amide bonds. The number of fused-ring (bicyclic) bond motifs is 2. The Bertz CT molecular complexity index is 1900. The number of aryl methyl sites for hydroxylation is 2. The van der Waals surface area contributed by atoms with Crippen molar-refractivity contribution >= 4 is 56.9 Å². The summed E-state index contributed by atoms with van der Waals surface area (Å²) in [5.41, 5.74) is 8.38. The maximum atomic E-state index is 11.8. The van der Waals surface area contributed by atoms with Crippen LogP contribution in [0, 0.1) is 13.8 Å². The largest absolute Gasteiger partial charge is 0.478 e. The number of carboxylic acids is 1. The first-order chi connectivity index (χ1) is 19.7. The predicted molar refractivity (Wildman–Crippen MR) is 165 cm³/mol. The number of benzene rings is 4. The first-order valence-electron chi connectivity index (χ1n) is 12.7. The van der Waals surface area contributed by atoms with E-state index in [2.05, 4.69) is 9.97 Å². The standard InChI is InChI=1S/C17H14ClNO2.C16H12ClNO2/c1-10-3-5-11(6-4-10)12-7-13-14(17(20)21-2)9-19-16(13)8-15(12)18;1-9-2-4-10(5-3-9)11-6-12-13(16(19)20)8-18-15(12)7-14(11)17/h3-9,19H,1-2H3;2-8,18H,1H3,(H,19,20). The van der Waals surface area contributed by atoms with Crippen LogP contribution in [0.5, 0.6) is 0 Å². The highest BCUT2D eigenvalue weighted by Gasteiger charge is 2.16. The van der Waals surface area contributed by atoms with Crippen LogP contribution in [0.1, 0.15) is 31.8 Å². The molecule has 0 saturated heterocycles. The number of aromatic amines is 2. The van der Waals surface area contributed by atoms with Crippen molar-refractivity contribution < 1.29 is 19.4 Å².